The van der Waals surface area contributed by atoms with Gasteiger partial charge >= 0.3 is 0 Å². The van der Waals surface area contributed by atoms with Gasteiger partial charge in [-0.15, -0.1) is 0 Å². The van der Waals surface area contributed by atoms with Crippen LogP contribution in [0.15, 0.2) is 42.5 Å². The number of hydrogen-bond acceptors (Lipinski definition) is 5. The minimum Gasteiger partial charge on any atom is -0.494 e. The average Bonchev–Trinajstić information content (AvgIpc) is 3.03. The molecule has 4 rings (SSSR count). The summed E-state index contributed by atoms with van der Waals surface area (Å²) in [7, 11) is 0. The van der Waals surface area contributed by atoms with Crippen LogP contribution in [0.2, 0.25) is 0 Å². The molecule has 0 bridgehead atoms. The van der Waals surface area contributed by atoms with Crippen LogP contribution in [0.1, 0.15) is 18.1 Å². The maximum absolute atomic E-state index is 12.6. The third-order valence-electron chi connectivity index (χ3n) is 4.30. The number of nitrogens with zero attached hydrogens (tertiary/aromatic N) is 1. The number of benzene rings is 2. The van der Waals surface area contributed by atoms with E-state index in [0.717, 1.165) is 16.0 Å². The molecule has 6 heteroatoms. The first-order chi connectivity index (χ1) is 12.2. The molecule has 0 radical (unpaired) electrons. The molecule has 1 aliphatic rings. The van der Waals surface area contributed by atoms with Crippen LogP contribution < -0.4 is 15.4 Å². The third kappa shape index (κ3) is 3.36. The van der Waals surface area contributed by atoms with E-state index < -0.39 is 0 Å². The number of aromatic nitrogens is 1. The van der Waals surface area contributed by atoms with Crippen LogP contribution in [-0.4, -0.2) is 23.5 Å². The SMILES string of the molecule is CCOc1ccc2nc(NC(=O)C3Cc4ccccc4CN3)sc2c1. The van der Waals surface area contributed by atoms with Gasteiger partial charge in [-0.2, -0.15) is 0 Å². The van der Waals surface area contributed by atoms with Gasteiger partial charge < -0.3 is 15.4 Å². The maximum atomic E-state index is 12.6. The van der Waals surface area contributed by atoms with E-state index in [-0.39, 0.29) is 11.9 Å². The Kier molecular flexibility index (Phi) is 4.38. The molecular formula is C19H19N3O2S. The molecule has 25 heavy (non-hydrogen) atoms. The normalized spacial score (nSPS) is 16.4. The molecular weight excluding hydrogens is 334 g/mol. The second-order valence-corrected chi connectivity index (χ2v) is 7.01. The molecule has 0 fully saturated rings. The highest BCUT2D eigenvalue weighted by Crippen LogP contribution is 2.29. The summed E-state index contributed by atoms with van der Waals surface area (Å²) in [6, 6.07) is 13.8. The summed E-state index contributed by atoms with van der Waals surface area (Å²) in [5.74, 6) is 0.778. The molecule has 2 N–H and O–H groups in total. The molecule has 5 nitrogen and oxygen atoms in total. The van der Waals surface area contributed by atoms with Gasteiger partial charge in [0, 0.05) is 6.54 Å². The number of ether oxygens (including phenoxy) is 1. The minimum atomic E-state index is -0.235. The van der Waals surface area contributed by atoms with Crippen molar-refractivity contribution in [3.05, 3.63) is 53.6 Å². The fourth-order valence-corrected chi connectivity index (χ4v) is 3.94. The number of fused-ring (bicyclic) bond motifs is 2. The standard InChI is InChI=1S/C19H19N3O2S/c1-2-24-14-7-8-15-17(10-14)25-19(21-15)22-18(23)16-9-12-5-3-4-6-13(12)11-20-16/h3-8,10,16,20H,2,9,11H2,1H3,(H,21,22,23). The highest BCUT2D eigenvalue weighted by molar-refractivity contribution is 7.22. The van der Waals surface area contributed by atoms with Gasteiger partial charge in [-0.05, 0) is 42.7 Å². The molecule has 2 aromatic carbocycles. The maximum Gasteiger partial charge on any atom is 0.243 e. The lowest BCUT2D eigenvalue weighted by Gasteiger charge is -2.24. The smallest absolute Gasteiger partial charge is 0.243 e. The highest BCUT2D eigenvalue weighted by Gasteiger charge is 2.24. The van der Waals surface area contributed by atoms with Gasteiger partial charge in [0.15, 0.2) is 5.13 Å². The largest absolute Gasteiger partial charge is 0.494 e. The Morgan fingerprint density at radius 1 is 1.32 bits per heavy atom. The second kappa shape index (κ2) is 6.82. The fraction of sp³-hybridized carbons (Fsp3) is 0.263. The molecule has 0 aliphatic carbocycles. The molecule has 0 saturated heterocycles. The van der Waals surface area contributed by atoms with E-state index in [1.165, 1.54) is 22.5 Å². The second-order valence-electron chi connectivity index (χ2n) is 5.98. The number of amides is 1. The molecule has 3 aromatic rings. The first-order valence-electron chi connectivity index (χ1n) is 8.37. The average molecular weight is 353 g/mol. The van der Waals surface area contributed by atoms with Crippen LogP contribution in [0.25, 0.3) is 10.2 Å². The van der Waals surface area contributed by atoms with Crippen LogP contribution in [0, 0.1) is 0 Å². The van der Waals surface area contributed by atoms with Crippen LogP contribution >= 0.6 is 11.3 Å². The van der Waals surface area contributed by atoms with E-state index >= 15 is 0 Å². The fourth-order valence-electron chi connectivity index (χ4n) is 3.05. The summed E-state index contributed by atoms with van der Waals surface area (Å²) in [4.78, 5) is 17.1. The summed E-state index contributed by atoms with van der Waals surface area (Å²) >= 11 is 1.46. The van der Waals surface area contributed by atoms with Gasteiger partial charge in [-0.25, -0.2) is 4.98 Å². The third-order valence-corrected chi connectivity index (χ3v) is 5.23. The zero-order valence-electron chi connectivity index (χ0n) is 13.9. The summed E-state index contributed by atoms with van der Waals surface area (Å²) < 4.78 is 6.52. The van der Waals surface area contributed by atoms with Gasteiger partial charge in [0.1, 0.15) is 5.75 Å². The van der Waals surface area contributed by atoms with Crippen molar-refractivity contribution in [1.82, 2.24) is 10.3 Å². The molecule has 1 aromatic heterocycles. The van der Waals surface area contributed by atoms with Crippen molar-refractivity contribution < 1.29 is 9.53 Å². The molecule has 1 amide bonds. The van der Waals surface area contributed by atoms with Crippen molar-refractivity contribution in [1.29, 1.82) is 0 Å². The molecule has 1 aliphatic heterocycles. The van der Waals surface area contributed by atoms with Gasteiger partial charge in [-0.1, -0.05) is 35.6 Å². The van der Waals surface area contributed by atoms with Crippen molar-refractivity contribution in [2.75, 3.05) is 11.9 Å². The molecule has 0 spiro atoms. The number of rotatable bonds is 4. The van der Waals surface area contributed by atoms with E-state index in [9.17, 15) is 4.79 Å². The zero-order valence-corrected chi connectivity index (χ0v) is 14.7. The van der Waals surface area contributed by atoms with Crippen LogP contribution in [0.3, 0.4) is 0 Å². The van der Waals surface area contributed by atoms with Gasteiger partial charge in [0.05, 0.1) is 22.9 Å². The number of carbonyl (C=O) groups excluding carboxylic acids is 1. The topological polar surface area (TPSA) is 63.2 Å². The first-order valence-corrected chi connectivity index (χ1v) is 9.19. The molecule has 1 unspecified atom stereocenters. The van der Waals surface area contributed by atoms with Crippen molar-refractivity contribution in [3.63, 3.8) is 0 Å². The predicted octanol–water partition coefficient (Wildman–Crippen LogP) is 3.35. The van der Waals surface area contributed by atoms with E-state index in [4.69, 9.17) is 4.74 Å². The van der Waals surface area contributed by atoms with E-state index in [1.807, 2.05) is 37.3 Å². The van der Waals surface area contributed by atoms with Crippen molar-refractivity contribution >= 4 is 32.6 Å². The van der Waals surface area contributed by atoms with E-state index in [1.54, 1.807) is 0 Å². The number of carbonyl (C=O) groups is 1. The first kappa shape index (κ1) is 16.1. The molecule has 1 atom stereocenters. The predicted molar refractivity (Wildman–Crippen MR) is 100 cm³/mol. The quantitative estimate of drug-likeness (QED) is 0.755. The zero-order chi connectivity index (χ0) is 17.2. The van der Waals surface area contributed by atoms with Crippen LogP contribution in [0.5, 0.6) is 5.75 Å². The van der Waals surface area contributed by atoms with Crippen LogP contribution in [0.4, 0.5) is 5.13 Å². The Hall–Kier alpha value is -2.44. The van der Waals surface area contributed by atoms with E-state index in [2.05, 4.69) is 27.8 Å². The Morgan fingerprint density at radius 2 is 2.16 bits per heavy atom. The van der Waals surface area contributed by atoms with Crippen molar-refractivity contribution in [3.8, 4) is 5.75 Å². The van der Waals surface area contributed by atoms with Crippen LogP contribution in [-0.2, 0) is 17.8 Å². The Morgan fingerprint density at radius 3 is 3.00 bits per heavy atom. The number of nitrogens with one attached hydrogen (secondary N) is 2. The van der Waals surface area contributed by atoms with Gasteiger partial charge in [0.25, 0.3) is 0 Å². The lowest BCUT2D eigenvalue weighted by Crippen LogP contribution is -2.44. The summed E-state index contributed by atoms with van der Waals surface area (Å²) in [6.45, 7) is 3.30. The number of thiazole rings is 1. The summed E-state index contributed by atoms with van der Waals surface area (Å²) in [6.07, 6.45) is 0.696. The van der Waals surface area contributed by atoms with Gasteiger partial charge in [0.2, 0.25) is 5.91 Å². The van der Waals surface area contributed by atoms with E-state index in [0.29, 0.717) is 24.7 Å². The lowest BCUT2D eigenvalue weighted by molar-refractivity contribution is -0.118. The summed E-state index contributed by atoms with van der Waals surface area (Å²) in [5.41, 5.74) is 3.35. The van der Waals surface area contributed by atoms with Gasteiger partial charge in [-0.3, -0.25) is 4.79 Å². The van der Waals surface area contributed by atoms with Crippen molar-refractivity contribution in [2.24, 2.45) is 0 Å². The molecule has 0 saturated carbocycles. The lowest BCUT2D eigenvalue weighted by atomic mass is 9.95. The Balaban J connectivity index is 1.48. The number of anilines is 1. The Bertz CT molecular complexity index is 922. The van der Waals surface area contributed by atoms with Crippen molar-refractivity contribution in [2.45, 2.75) is 25.9 Å². The molecule has 2 heterocycles. The highest BCUT2D eigenvalue weighted by atomic mass is 32.1. The molecule has 128 valence electrons. The number of hydrogen-bond donors (Lipinski definition) is 2. The Labute approximate surface area is 150 Å². The monoisotopic (exact) mass is 353 g/mol. The summed E-state index contributed by atoms with van der Waals surface area (Å²) in [5, 5.41) is 6.87. The minimum absolute atomic E-state index is 0.0430.